The van der Waals surface area contributed by atoms with Gasteiger partial charge in [-0.1, -0.05) is 0 Å². The summed E-state index contributed by atoms with van der Waals surface area (Å²) in [5, 5.41) is 10.2. The van der Waals surface area contributed by atoms with Crippen LogP contribution in [0.25, 0.3) is 10.9 Å². The largest absolute Gasteiger partial charge is 0.494 e. The predicted molar refractivity (Wildman–Crippen MR) is 90.9 cm³/mol. The van der Waals surface area contributed by atoms with Gasteiger partial charge in [0.2, 0.25) is 5.92 Å². The van der Waals surface area contributed by atoms with Crippen molar-refractivity contribution < 1.29 is 23.4 Å². The fourth-order valence-corrected chi connectivity index (χ4v) is 3.07. The number of nitrogens with zero attached hydrogens (tertiary/aromatic N) is 2. The first-order chi connectivity index (χ1) is 11.9. The van der Waals surface area contributed by atoms with Crippen LogP contribution in [-0.2, 0) is 0 Å². The van der Waals surface area contributed by atoms with Gasteiger partial charge < -0.3 is 14.7 Å². The Balaban J connectivity index is 2.04. The minimum Gasteiger partial charge on any atom is -0.494 e. The second-order valence-electron chi connectivity index (χ2n) is 6.15. The van der Waals surface area contributed by atoms with Crippen LogP contribution < -0.4 is 9.64 Å². The highest BCUT2D eigenvalue weighted by Gasteiger charge is 2.33. The number of anilines is 1. The molecule has 0 saturated carbocycles. The van der Waals surface area contributed by atoms with E-state index in [1.54, 1.807) is 29.2 Å². The van der Waals surface area contributed by atoms with E-state index < -0.39 is 11.9 Å². The van der Waals surface area contributed by atoms with Crippen molar-refractivity contribution in [3.05, 3.63) is 29.8 Å². The molecular weight excluding hydrogens is 330 g/mol. The van der Waals surface area contributed by atoms with Crippen LogP contribution in [-0.4, -0.2) is 41.7 Å². The molecule has 1 aliphatic rings. The molecule has 1 aliphatic heterocycles. The Labute approximate surface area is 144 Å². The highest BCUT2D eigenvalue weighted by atomic mass is 19.3. The van der Waals surface area contributed by atoms with Crippen molar-refractivity contribution in [2.24, 2.45) is 0 Å². The maximum atomic E-state index is 13.6. The first-order valence-corrected chi connectivity index (χ1v) is 8.33. The number of halogens is 2. The molecule has 0 bridgehead atoms. The minimum absolute atomic E-state index is 0.0295. The lowest BCUT2D eigenvalue weighted by molar-refractivity contribution is -0.0102. The molecule has 3 rings (SSSR count). The smallest absolute Gasteiger partial charge is 0.339 e. The van der Waals surface area contributed by atoms with Crippen LogP contribution in [0.5, 0.6) is 5.75 Å². The standard InChI is InChI=1S/C18H20F2N2O3/c1-2-25-13-5-4-12-10-14(17(23)24)16(21-15(12)11-13)22-8-3-6-18(19,20)7-9-22/h4-5,10-11H,2-3,6-9H2,1H3,(H,23,24). The van der Waals surface area contributed by atoms with E-state index in [2.05, 4.69) is 4.98 Å². The lowest BCUT2D eigenvalue weighted by Crippen LogP contribution is -2.28. The van der Waals surface area contributed by atoms with Gasteiger partial charge in [0, 0.05) is 37.4 Å². The Morgan fingerprint density at radius 2 is 2.12 bits per heavy atom. The number of pyridine rings is 1. The molecule has 0 atom stereocenters. The van der Waals surface area contributed by atoms with Crippen molar-refractivity contribution in [1.29, 1.82) is 0 Å². The third-order valence-corrected chi connectivity index (χ3v) is 4.33. The summed E-state index contributed by atoms with van der Waals surface area (Å²) in [6.07, 6.45) is -0.191. The number of benzene rings is 1. The molecule has 0 amide bonds. The third kappa shape index (κ3) is 3.81. The fraction of sp³-hybridized carbons (Fsp3) is 0.444. The number of hydrogen-bond donors (Lipinski definition) is 1. The summed E-state index contributed by atoms with van der Waals surface area (Å²) in [6, 6.07) is 6.78. The van der Waals surface area contributed by atoms with E-state index in [0.29, 0.717) is 36.2 Å². The molecule has 2 aromatic rings. The van der Waals surface area contributed by atoms with Gasteiger partial charge >= 0.3 is 5.97 Å². The van der Waals surface area contributed by atoms with Gasteiger partial charge in [-0.25, -0.2) is 18.6 Å². The number of fused-ring (bicyclic) bond motifs is 1. The summed E-state index contributed by atoms with van der Waals surface area (Å²) in [5.41, 5.74) is 0.615. The van der Waals surface area contributed by atoms with Crippen LogP contribution in [0.3, 0.4) is 0 Å². The van der Waals surface area contributed by atoms with Gasteiger partial charge in [-0.3, -0.25) is 0 Å². The van der Waals surface area contributed by atoms with E-state index in [1.165, 1.54) is 0 Å². The van der Waals surface area contributed by atoms with Crippen molar-refractivity contribution >= 4 is 22.7 Å². The molecule has 1 saturated heterocycles. The summed E-state index contributed by atoms with van der Waals surface area (Å²) in [4.78, 5) is 17.8. The molecule has 1 fully saturated rings. The Hall–Kier alpha value is -2.44. The fourth-order valence-electron chi connectivity index (χ4n) is 3.07. The van der Waals surface area contributed by atoms with Crippen LogP contribution in [0.15, 0.2) is 24.3 Å². The number of carboxylic acids is 1. The van der Waals surface area contributed by atoms with E-state index in [0.717, 1.165) is 0 Å². The third-order valence-electron chi connectivity index (χ3n) is 4.33. The van der Waals surface area contributed by atoms with Crippen molar-refractivity contribution in [1.82, 2.24) is 4.98 Å². The average molecular weight is 350 g/mol. The molecule has 0 aliphatic carbocycles. The number of aromatic carboxylic acids is 1. The summed E-state index contributed by atoms with van der Waals surface area (Å²) in [5.74, 6) is -2.95. The molecule has 134 valence electrons. The van der Waals surface area contributed by atoms with Crippen LogP contribution in [0.1, 0.15) is 36.5 Å². The Morgan fingerprint density at radius 3 is 2.84 bits per heavy atom. The van der Waals surface area contributed by atoms with Crippen LogP contribution in [0.4, 0.5) is 14.6 Å². The van der Waals surface area contributed by atoms with Gasteiger partial charge in [0.25, 0.3) is 0 Å². The molecule has 25 heavy (non-hydrogen) atoms. The summed E-state index contributed by atoms with van der Waals surface area (Å²) in [7, 11) is 0. The Kier molecular flexibility index (Phi) is 4.74. The molecule has 2 heterocycles. The van der Waals surface area contributed by atoms with Crippen molar-refractivity contribution in [2.45, 2.75) is 32.1 Å². The molecule has 1 aromatic heterocycles. The topological polar surface area (TPSA) is 62.7 Å². The molecule has 0 spiro atoms. The molecule has 0 unspecified atom stereocenters. The summed E-state index contributed by atoms with van der Waals surface area (Å²) in [6.45, 7) is 2.82. The number of carbonyl (C=O) groups is 1. The summed E-state index contributed by atoms with van der Waals surface area (Å²) < 4.78 is 32.7. The predicted octanol–water partition coefficient (Wildman–Crippen LogP) is 3.96. The highest BCUT2D eigenvalue weighted by Crippen LogP contribution is 2.32. The second-order valence-corrected chi connectivity index (χ2v) is 6.15. The van der Waals surface area contributed by atoms with Gasteiger partial charge in [0.15, 0.2) is 0 Å². The molecule has 0 radical (unpaired) electrons. The number of hydrogen-bond acceptors (Lipinski definition) is 4. The zero-order valence-corrected chi connectivity index (χ0v) is 14.0. The minimum atomic E-state index is -2.71. The van der Waals surface area contributed by atoms with Gasteiger partial charge in [-0.15, -0.1) is 0 Å². The maximum absolute atomic E-state index is 13.6. The SMILES string of the molecule is CCOc1ccc2cc(C(=O)O)c(N3CCCC(F)(F)CC3)nc2c1. The van der Waals surface area contributed by atoms with Crippen molar-refractivity contribution in [3.63, 3.8) is 0 Å². The number of rotatable bonds is 4. The van der Waals surface area contributed by atoms with Crippen LogP contribution >= 0.6 is 0 Å². The van der Waals surface area contributed by atoms with Gasteiger partial charge in [-0.2, -0.15) is 0 Å². The Morgan fingerprint density at radius 1 is 1.32 bits per heavy atom. The zero-order valence-electron chi connectivity index (χ0n) is 14.0. The first-order valence-electron chi connectivity index (χ1n) is 8.33. The van der Waals surface area contributed by atoms with E-state index in [9.17, 15) is 18.7 Å². The maximum Gasteiger partial charge on any atom is 0.339 e. The normalized spacial score (nSPS) is 17.3. The second kappa shape index (κ2) is 6.82. The Bertz CT molecular complexity index is 795. The van der Waals surface area contributed by atoms with Gasteiger partial charge in [-0.05, 0) is 31.5 Å². The van der Waals surface area contributed by atoms with Gasteiger partial charge in [0.1, 0.15) is 17.1 Å². The van der Waals surface area contributed by atoms with Crippen LogP contribution in [0, 0.1) is 0 Å². The molecule has 1 N–H and O–H groups in total. The monoisotopic (exact) mass is 350 g/mol. The highest BCUT2D eigenvalue weighted by molar-refractivity contribution is 5.98. The summed E-state index contributed by atoms with van der Waals surface area (Å²) >= 11 is 0. The van der Waals surface area contributed by atoms with E-state index in [-0.39, 0.29) is 30.8 Å². The van der Waals surface area contributed by atoms with E-state index in [4.69, 9.17) is 4.74 Å². The number of carboxylic acid groups (broad SMARTS) is 1. The zero-order chi connectivity index (χ0) is 18.0. The lowest BCUT2D eigenvalue weighted by atomic mass is 10.1. The number of ether oxygens (including phenoxy) is 1. The number of alkyl halides is 2. The van der Waals surface area contributed by atoms with Crippen molar-refractivity contribution in [3.8, 4) is 5.75 Å². The quantitative estimate of drug-likeness (QED) is 0.904. The molecule has 7 heteroatoms. The number of aromatic nitrogens is 1. The lowest BCUT2D eigenvalue weighted by Gasteiger charge is -2.23. The van der Waals surface area contributed by atoms with Crippen LogP contribution in [0.2, 0.25) is 0 Å². The van der Waals surface area contributed by atoms with Gasteiger partial charge in [0.05, 0.1) is 12.1 Å². The average Bonchev–Trinajstić information content (AvgIpc) is 2.74. The molecular formula is C18H20F2N2O3. The van der Waals surface area contributed by atoms with Crippen molar-refractivity contribution in [2.75, 3.05) is 24.6 Å². The van der Waals surface area contributed by atoms with E-state index >= 15 is 0 Å². The van der Waals surface area contributed by atoms with E-state index in [1.807, 2.05) is 6.92 Å². The molecule has 1 aromatic carbocycles. The molecule has 5 nitrogen and oxygen atoms in total. The first kappa shape index (κ1) is 17.4.